The van der Waals surface area contributed by atoms with Gasteiger partial charge in [-0.1, -0.05) is 48.5 Å². The summed E-state index contributed by atoms with van der Waals surface area (Å²) in [6, 6.07) is 16.1. The van der Waals surface area contributed by atoms with Gasteiger partial charge in [-0.15, -0.1) is 0 Å². The van der Waals surface area contributed by atoms with Crippen molar-refractivity contribution in [3.63, 3.8) is 0 Å². The van der Waals surface area contributed by atoms with Crippen LogP contribution in [0, 0.1) is 5.41 Å². The standard InChI is InChI=1S/C26H32N2O5/c1-17(12-13-23(29)27-15-14-26(2,3)24(30)31)28-25(32)33-16-22-20-10-6-4-8-18(20)19-9-5-7-11-21(19)22/h4-11,17,22H,12-16H2,1-3H3,(H,27,29)(H,28,32)(H,30,31). The van der Waals surface area contributed by atoms with Gasteiger partial charge in [-0.05, 0) is 55.9 Å². The van der Waals surface area contributed by atoms with Crippen LogP contribution in [0.1, 0.15) is 57.1 Å². The first kappa shape index (κ1) is 24.3. The average Bonchev–Trinajstić information content (AvgIpc) is 3.10. The molecule has 176 valence electrons. The third-order valence-electron chi connectivity index (χ3n) is 6.16. The quantitative estimate of drug-likeness (QED) is 0.498. The molecule has 0 saturated heterocycles. The van der Waals surface area contributed by atoms with Gasteiger partial charge < -0.3 is 20.5 Å². The number of rotatable bonds is 10. The zero-order chi connectivity index (χ0) is 24.0. The Morgan fingerprint density at radius 1 is 1.03 bits per heavy atom. The molecule has 0 saturated carbocycles. The fourth-order valence-corrected chi connectivity index (χ4v) is 3.97. The van der Waals surface area contributed by atoms with Crippen molar-refractivity contribution in [3.05, 3.63) is 59.7 Å². The van der Waals surface area contributed by atoms with Gasteiger partial charge in [0.05, 0.1) is 5.41 Å². The van der Waals surface area contributed by atoms with Crippen molar-refractivity contribution in [3.8, 4) is 11.1 Å². The van der Waals surface area contributed by atoms with Crippen LogP contribution < -0.4 is 10.6 Å². The molecular formula is C26H32N2O5. The van der Waals surface area contributed by atoms with Crippen LogP contribution in [0.15, 0.2) is 48.5 Å². The molecule has 3 N–H and O–H groups in total. The number of amides is 2. The molecule has 1 atom stereocenters. The summed E-state index contributed by atoms with van der Waals surface area (Å²) < 4.78 is 5.54. The van der Waals surface area contributed by atoms with Crippen LogP contribution in [0.5, 0.6) is 0 Å². The third-order valence-corrected chi connectivity index (χ3v) is 6.16. The summed E-state index contributed by atoms with van der Waals surface area (Å²) in [6.45, 7) is 5.62. The van der Waals surface area contributed by atoms with Crippen molar-refractivity contribution in [2.45, 2.75) is 52.0 Å². The Balaban J connectivity index is 1.41. The van der Waals surface area contributed by atoms with Gasteiger partial charge in [-0.3, -0.25) is 9.59 Å². The predicted molar refractivity (Wildman–Crippen MR) is 126 cm³/mol. The van der Waals surface area contributed by atoms with Gasteiger partial charge in [0.2, 0.25) is 5.91 Å². The number of carbonyl (C=O) groups is 3. The summed E-state index contributed by atoms with van der Waals surface area (Å²) in [6.07, 6.45) is 0.533. The fourth-order valence-electron chi connectivity index (χ4n) is 3.97. The molecule has 2 aromatic rings. The molecule has 0 aromatic heterocycles. The number of hydrogen-bond donors (Lipinski definition) is 3. The number of carbonyl (C=O) groups excluding carboxylic acids is 2. The van der Waals surface area contributed by atoms with Gasteiger partial charge in [0.1, 0.15) is 6.61 Å². The van der Waals surface area contributed by atoms with Crippen LogP contribution in [0.2, 0.25) is 0 Å². The maximum absolute atomic E-state index is 12.3. The van der Waals surface area contributed by atoms with Crippen molar-refractivity contribution < 1.29 is 24.2 Å². The first-order chi connectivity index (χ1) is 15.7. The van der Waals surface area contributed by atoms with Crippen molar-refractivity contribution in [1.29, 1.82) is 0 Å². The lowest BCUT2D eigenvalue weighted by Gasteiger charge is -2.19. The smallest absolute Gasteiger partial charge is 0.407 e. The van der Waals surface area contributed by atoms with Crippen molar-refractivity contribution >= 4 is 18.0 Å². The molecule has 1 unspecified atom stereocenters. The Kier molecular flexibility index (Phi) is 7.74. The second kappa shape index (κ2) is 10.5. The summed E-state index contributed by atoms with van der Waals surface area (Å²) in [5.74, 6) is -1.06. The van der Waals surface area contributed by atoms with Gasteiger partial charge >= 0.3 is 12.1 Å². The Hall–Kier alpha value is -3.35. The second-order valence-corrected chi connectivity index (χ2v) is 9.20. The highest BCUT2D eigenvalue weighted by molar-refractivity contribution is 5.79. The van der Waals surface area contributed by atoms with E-state index in [-0.39, 0.29) is 30.9 Å². The van der Waals surface area contributed by atoms with E-state index >= 15 is 0 Å². The highest BCUT2D eigenvalue weighted by atomic mass is 16.5. The molecule has 1 aliphatic carbocycles. The highest BCUT2D eigenvalue weighted by Crippen LogP contribution is 2.44. The lowest BCUT2D eigenvalue weighted by Crippen LogP contribution is -2.36. The van der Waals surface area contributed by atoms with Gasteiger partial charge in [0.25, 0.3) is 0 Å². The van der Waals surface area contributed by atoms with E-state index in [4.69, 9.17) is 9.84 Å². The lowest BCUT2D eigenvalue weighted by molar-refractivity contribution is -0.147. The van der Waals surface area contributed by atoms with E-state index in [1.54, 1.807) is 13.8 Å². The van der Waals surface area contributed by atoms with Gasteiger partial charge in [-0.2, -0.15) is 0 Å². The summed E-state index contributed by atoms with van der Waals surface area (Å²) >= 11 is 0. The largest absolute Gasteiger partial charge is 0.481 e. The summed E-state index contributed by atoms with van der Waals surface area (Å²) in [5, 5.41) is 14.6. The van der Waals surface area contributed by atoms with Crippen molar-refractivity contribution in [2.24, 2.45) is 5.41 Å². The van der Waals surface area contributed by atoms with Crippen molar-refractivity contribution in [1.82, 2.24) is 10.6 Å². The lowest BCUT2D eigenvalue weighted by atomic mass is 9.90. The molecule has 7 nitrogen and oxygen atoms in total. The monoisotopic (exact) mass is 452 g/mol. The second-order valence-electron chi connectivity index (χ2n) is 9.20. The number of alkyl carbamates (subject to hydrolysis) is 1. The molecule has 7 heteroatoms. The number of carboxylic acids is 1. The van der Waals surface area contributed by atoms with Crippen LogP contribution in [0.4, 0.5) is 4.79 Å². The molecule has 0 fully saturated rings. The van der Waals surface area contributed by atoms with Crippen LogP contribution >= 0.6 is 0 Å². The Labute approximate surface area is 194 Å². The molecule has 33 heavy (non-hydrogen) atoms. The Morgan fingerprint density at radius 3 is 2.18 bits per heavy atom. The van der Waals surface area contributed by atoms with Gasteiger partial charge in [0.15, 0.2) is 0 Å². The van der Waals surface area contributed by atoms with E-state index in [0.29, 0.717) is 19.4 Å². The minimum atomic E-state index is -0.891. The molecule has 0 aliphatic heterocycles. The number of carboxylic acid groups (broad SMARTS) is 1. The molecule has 0 spiro atoms. The maximum Gasteiger partial charge on any atom is 0.407 e. The highest BCUT2D eigenvalue weighted by Gasteiger charge is 2.29. The van der Waals surface area contributed by atoms with Crippen molar-refractivity contribution in [2.75, 3.05) is 13.2 Å². The van der Waals surface area contributed by atoms with E-state index in [9.17, 15) is 14.4 Å². The minimum absolute atomic E-state index is 0.000660. The van der Waals surface area contributed by atoms with E-state index in [0.717, 1.165) is 11.1 Å². The first-order valence-electron chi connectivity index (χ1n) is 11.3. The van der Waals surface area contributed by atoms with E-state index < -0.39 is 17.5 Å². The molecular weight excluding hydrogens is 420 g/mol. The molecule has 3 rings (SSSR count). The van der Waals surface area contributed by atoms with Crippen LogP contribution in [-0.2, 0) is 14.3 Å². The number of nitrogens with one attached hydrogen (secondary N) is 2. The number of aliphatic carboxylic acids is 1. The zero-order valence-electron chi connectivity index (χ0n) is 19.4. The summed E-state index contributed by atoms with van der Waals surface area (Å²) in [5.41, 5.74) is 3.78. The Morgan fingerprint density at radius 2 is 1.61 bits per heavy atom. The molecule has 1 aliphatic rings. The van der Waals surface area contributed by atoms with E-state index in [1.807, 2.05) is 31.2 Å². The number of fused-ring (bicyclic) bond motifs is 3. The first-order valence-corrected chi connectivity index (χ1v) is 11.3. The fraction of sp³-hybridized carbons (Fsp3) is 0.423. The molecule has 0 heterocycles. The van der Waals surface area contributed by atoms with Crippen LogP contribution in [0.25, 0.3) is 11.1 Å². The number of benzene rings is 2. The topological polar surface area (TPSA) is 105 Å². The third kappa shape index (κ3) is 6.12. The SMILES string of the molecule is CC(CCC(=O)NCCC(C)(C)C(=O)O)NC(=O)OCC1c2ccccc2-c2ccccc21. The van der Waals surface area contributed by atoms with E-state index in [1.165, 1.54) is 11.1 Å². The predicted octanol–water partition coefficient (Wildman–Crippen LogP) is 4.31. The number of ether oxygens (including phenoxy) is 1. The average molecular weight is 453 g/mol. The zero-order valence-corrected chi connectivity index (χ0v) is 19.4. The summed E-state index contributed by atoms with van der Waals surface area (Å²) in [7, 11) is 0. The molecule has 2 aromatic carbocycles. The van der Waals surface area contributed by atoms with E-state index in [2.05, 4.69) is 34.9 Å². The summed E-state index contributed by atoms with van der Waals surface area (Å²) in [4.78, 5) is 35.5. The normalized spacial score (nSPS) is 13.5. The van der Waals surface area contributed by atoms with Gasteiger partial charge in [-0.25, -0.2) is 4.79 Å². The number of hydrogen-bond acceptors (Lipinski definition) is 4. The molecule has 0 bridgehead atoms. The molecule has 0 radical (unpaired) electrons. The Bertz CT molecular complexity index is 972. The maximum atomic E-state index is 12.3. The van der Waals surface area contributed by atoms with Crippen LogP contribution in [-0.4, -0.2) is 42.3 Å². The minimum Gasteiger partial charge on any atom is -0.481 e. The molecule has 2 amide bonds. The van der Waals surface area contributed by atoms with Crippen LogP contribution in [0.3, 0.4) is 0 Å². The van der Waals surface area contributed by atoms with Gasteiger partial charge in [0, 0.05) is 24.9 Å².